The molecule has 0 amide bonds. The zero-order valence-electron chi connectivity index (χ0n) is 8.14. The maximum atomic E-state index is 11.2. The van der Waals surface area contributed by atoms with Crippen molar-refractivity contribution in [2.45, 2.75) is 19.4 Å². The first-order chi connectivity index (χ1) is 6.74. The minimum Gasteiger partial charge on any atom is -0.388 e. The zero-order valence-corrected chi connectivity index (χ0v) is 8.96. The van der Waals surface area contributed by atoms with E-state index in [4.69, 9.17) is 0 Å². The van der Waals surface area contributed by atoms with Crippen LogP contribution in [-0.2, 0) is 4.79 Å². The van der Waals surface area contributed by atoms with Crippen LogP contribution in [-0.4, -0.2) is 16.0 Å². The third-order valence-electron chi connectivity index (χ3n) is 1.85. The van der Waals surface area contributed by atoms with Gasteiger partial charge in [-0.3, -0.25) is 4.79 Å². The lowest BCUT2D eigenvalue weighted by Crippen LogP contribution is -2.03. The van der Waals surface area contributed by atoms with Crippen LogP contribution in [0.3, 0.4) is 0 Å². The molecule has 0 fully saturated rings. The first-order valence-corrected chi connectivity index (χ1v) is 5.61. The monoisotopic (exact) mass is 210 g/mol. The van der Waals surface area contributed by atoms with Gasteiger partial charge in [-0.2, -0.15) is 0 Å². The van der Waals surface area contributed by atoms with Crippen molar-refractivity contribution in [3.8, 4) is 0 Å². The van der Waals surface area contributed by atoms with Crippen LogP contribution in [0.25, 0.3) is 0 Å². The molecule has 0 unspecified atom stereocenters. The van der Waals surface area contributed by atoms with Crippen LogP contribution in [0.4, 0.5) is 0 Å². The molecular weight excluding hydrogens is 196 g/mol. The number of carbonyl (C=O) groups is 1. The van der Waals surface area contributed by atoms with Crippen LogP contribution in [0, 0.1) is 0 Å². The lowest BCUT2D eigenvalue weighted by atomic mass is 10.1. The summed E-state index contributed by atoms with van der Waals surface area (Å²) in [5.41, 5.74) is 0.803. The summed E-state index contributed by atoms with van der Waals surface area (Å²) < 4.78 is 0. The highest BCUT2D eigenvalue weighted by Crippen LogP contribution is 2.19. The van der Waals surface area contributed by atoms with E-state index in [0.29, 0.717) is 0 Å². The quantitative estimate of drug-likeness (QED) is 0.829. The molecule has 0 heterocycles. The summed E-state index contributed by atoms with van der Waals surface area (Å²) in [5.74, 6) is 0.764. The SMILES string of the molecule is CCSC(=O)C[C@H](O)c1ccccc1. The van der Waals surface area contributed by atoms with E-state index in [1.54, 1.807) is 0 Å². The lowest BCUT2D eigenvalue weighted by molar-refractivity contribution is -0.112. The Morgan fingerprint density at radius 2 is 2.07 bits per heavy atom. The van der Waals surface area contributed by atoms with Gasteiger partial charge in [0.1, 0.15) is 0 Å². The minimum atomic E-state index is -0.664. The number of hydrogen-bond acceptors (Lipinski definition) is 3. The smallest absolute Gasteiger partial charge is 0.191 e. The number of aliphatic hydroxyl groups excluding tert-OH is 1. The van der Waals surface area contributed by atoms with Gasteiger partial charge in [0.15, 0.2) is 5.12 Å². The summed E-state index contributed by atoms with van der Waals surface area (Å²) in [4.78, 5) is 11.2. The minimum absolute atomic E-state index is 0.0452. The van der Waals surface area contributed by atoms with E-state index in [9.17, 15) is 9.90 Å². The average Bonchev–Trinajstić information content (AvgIpc) is 2.19. The molecule has 1 aromatic carbocycles. The Labute approximate surface area is 88.3 Å². The van der Waals surface area contributed by atoms with E-state index >= 15 is 0 Å². The van der Waals surface area contributed by atoms with Crippen LogP contribution < -0.4 is 0 Å². The Morgan fingerprint density at radius 1 is 1.43 bits per heavy atom. The van der Waals surface area contributed by atoms with Gasteiger partial charge in [-0.05, 0) is 11.3 Å². The lowest BCUT2D eigenvalue weighted by Gasteiger charge is -2.08. The van der Waals surface area contributed by atoms with Crippen molar-refractivity contribution >= 4 is 16.9 Å². The Bertz CT molecular complexity index is 285. The Morgan fingerprint density at radius 3 is 2.64 bits per heavy atom. The molecule has 76 valence electrons. The molecule has 2 nitrogen and oxygen atoms in total. The second-order valence-electron chi connectivity index (χ2n) is 2.94. The fourth-order valence-electron chi connectivity index (χ4n) is 1.17. The van der Waals surface area contributed by atoms with E-state index in [1.807, 2.05) is 37.3 Å². The largest absolute Gasteiger partial charge is 0.388 e. The fraction of sp³-hybridized carbons (Fsp3) is 0.364. The van der Waals surface area contributed by atoms with Crippen molar-refractivity contribution < 1.29 is 9.90 Å². The summed E-state index contributed by atoms with van der Waals surface area (Å²) in [6.07, 6.45) is -0.467. The Hall–Kier alpha value is -0.800. The molecule has 0 aliphatic carbocycles. The summed E-state index contributed by atoms with van der Waals surface area (Å²) in [6, 6.07) is 9.26. The molecule has 3 heteroatoms. The van der Waals surface area contributed by atoms with E-state index in [2.05, 4.69) is 0 Å². The molecule has 0 radical (unpaired) electrons. The molecule has 1 atom stereocenters. The maximum Gasteiger partial charge on any atom is 0.191 e. The third kappa shape index (κ3) is 3.52. The topological polar surface area (TPSA) is 37.3 Å². The van der Waals surface area contributed by atoms with Gasteiger partial charge in [-0.15, -0.1) is 0 Å². The molecule has 1 N–H and O–H groups in total. The van der Waals surface area contributed by atoms with Gasteiger partial charge < -0.3 is 5.11 Å². The van der Waals surface area contributed by atoms with Gasteiger partial charge in [0.2, 0.25) is 0 Å². The number of aliphatic hydroxyl groups is 1. The number of thioether (sulfide) groups is 1. The van der Waals surface area contributed by atoms with Gasteiger partial charge in [-0.1, -0.05) is 49.0 Å². The van der Waals surface area contributed by atoms with Gasteiger partial charge in [0.25, 0.3) is 0 Å². The molecule has 0 aliphatic heterocycles. The average molecular weight is 210 g/mol. The highest BCUT2D eigenvalue weighted by Gasteiger charge is 2.11. The van der Waals surface area contributed by atoms with Gasteiger partial charge in [-0.25, -0.2) is 0 Å². The molecule has 14 heavy (non-hydrogen) atoms. The van der Waals surface area contributed by atoms with Crippen molar-refractivity contribution in [1.29, 1.82) is 0 Å². The molecule has 0 spiro atoms. The van der Waals surface area contributed by atoms with E-state index in [0.717, 1.165) is 11.3 Å². The Balaban J connectivity index is 2.50. The summed E-state index contributed by atoms with van der Waals surface area (Å²) in [6.45, 7) is 1.93. The molecule has 0 aliphatic rings. The number of hydrogen-bond donors (Lipinski definition) is 1. The Kier molecular flexibility index (Phi) is 4.70. The highest BCUT2D eigenvalue weighted by molar-refractivity contribution is 8.13. The van der Waals surface area contributed by atoms with Gasteiger partial charge in [0, 0.05) is 6.42 Å². The van der Waals surface area contributed by atoms with Crippen molar-refractivity contribution in [3.63, 3.8) is 0 Å². The first-order valence-electron chi connectivity index (χ1n) is 4.62. The van der Waals surface area contributed by atoms with Crippen LogP contribution in [0.1, 0.15) is 25.0 Å². The molecule has 0 bridgehead atoms. The number of carbonyl (C=O) groups excluding carboxylic acids is 1. The highest BCUT2D eigenvalue weighted by atomic mass is 32.2. The van der Waals surface area contributed by atoms with Crippen LogP contribution in [0.15, 0.2) is 30.3 Å². The fourth-order valence-corrected chi connectivity index (χ4v) is 1.77. The second-order valence-corrected chi connectivity index (χ2v) is 4.26. The number of benzene rings is 1. The van der Waals surface area contributed by atoms with E-state index in [1.165, 1.54) is 11.8 Å². The zero-order chi connectivity index (χ0) is 10.4. The van der Waals surface area contributed by atoms with Crippen molar-refractivity contribution in [2.75, 3.05) is 5.75 Å². The summed E-state index contributed by atoms with van der Waals surface area (Å²) >= 11 is 1.26. The van der Waals surface area contributed by atoms with Crippen LogP contribution in [0.2, 0.25) is 0 Å². The molecule has 1 rings (SSSR count). The second kappa shape index (κ2) is 5.83. The summed E-state index contributed by atoms with van der Waals surface area (Å²) in [5, 5.41) is 9.73. The molecule has 1 aromatic rings. The standard InChI is InChI=1S/C11H14O2S/c1-2-14-11(13)8-10(12)9-6-4-3-5-7-9/h3-7,10,12H,2,8H2,1H3/t10-/m0/s1. The van der Waals surface area contributed by atoms with E-state index < -0.39 is 6.10 Å². The van der Waals surface area contributed by atoms with Gasteiger partial charge in [0.05, 0.1) is 6.10 Å². The maximum absolute atomic E-state index is 11.2. The normalized spacial score (nSPS) is 12.4. The van der Waals surface area contributed by atoms with Crippen molar-refractivity contribution in [2.24, 2.45) is 0 Å². The van der Waals surface area contributed by atoms with Crippen LogP contribution in [0.5, 0.6) is 0 Å². The van der Waals surface area contributed by atoms with Gasteiger partial charge >= 0.3 is 0 Å². The molecule has 0 saturated carbocycles. The predicted octanol–water partition coefficient (Wildman–Crippen LogP) is 2.39. The first kappa shape index (κ1) is 11.3. The predicted molar refractivity (Wildman–Crippen MR) is 59.2 cm³/mol. The summed E-state index contributed by atoms with van der Waals surface area (Å²) in [7, 11) is 0. The molecule has 0 saturated heterocycles. The molecule has 0 aromatic heterocycles. The molecular formula is C11H14O2S. The number of rotatable bonds is 4. The van der Waals surface area contributed by atoms with Crippen LogP contribution >= 0.6 is 11.8 Å². The van der Waals surface area contributed by atoms with E-state index in [-0.39, 0.29) is 11.5 Å². The van der Waals surface area contributed by atoms with Crippen molar-refractivity contribution in [3.05, 3.63) is 35.9 Å². The van der Waals surface area contributed by atoms with Crippen molar-refractivity contribution in [1.82, 2.24) is 0 Å². The third-order valence-corrected chi connectivity index (χ3v) is 2.63.